The monoisotopic (exact) mass is 465 g/mol. The molecule has 0 unspecified atom stereocenters. The van der Waals surface area contributed by atoms with Crippen molar-refractivity contribution in [3.8, 4) is 5.75 Å². The van der Waals surface area contributed by atoms with Crippen molar-refractivity contribution in [1.29, 1.82) is 0 Å². The van der Waals surface area contributed by atoms with Gasteiger partial charge in [0.2, 0.25) is 0 Å². The number of β-lactam (4-membered cyclic amide) rings is 1. The quantitative estimate of drug-likeness (QED) is 0.419. The third kappa shape index (κ3) is 4.12. The summed E-state index contributed by atoms with van der Waals surface area (Å²) in [7, 11) is 0. The standard InChI is InChI=1S/C24H19NO7S/c26-19-9-7-15-6-8-17(10-18(15)32-19)30-12-16-13-33-23-21(22(27)25(23)20(16)24(28)29)31-11-14-4-2-1-3-5-14/h1-10,21,23H,11-13H2,(H,28,29)/t21-,23+/m0/s1. The van der Waals surface area contributed by atoms with Crippen LogP contribution < -0.4 is 10.4 Å². The second kappa shape index (κ2) is 8.76. The molecule has 1 N–H and O–H groups in total. The number of nitrogens with zero attached hydrogens (tertiary/aromatic N) is 1. The summed E-state index contributed by atoms with van der Waals surface area (Å²) < 4.78 is 16.7. The Balaban J connectivity index is 1.30. The predicted octanol–water partition coefficient (Wildman–Crippen LogP) is 3.01. The van der Waals surface area contributed by atoms with Gasteiger partial charge in [-0.05, 0) is 23.8 Å². The molecule has 3 aromatic rings. The van der Waals surface area contributed by atoms with Gasteiger partial charge in [-0.3, -0.25) is 9.69 Å². The summed E-state index contributed by atoms with van der Waals surface area (Å²) in [5.74, 6) is -0.728. The molecule has 2 aliphatic heterocycles. The average molecular weight is 465 g/mol. The topological polar surface area (TPSA) is 106 Å². The number of rotatable bonds is 7. The number of carboxylic acids is 1. The lowest BCUT2D eigenvalue weighted by Crippen LogP contribution is -2.65. The Kier molecular flexibility index (Phi) is 5.65. The molecule has 0 bridgehead atoms. The number of benzene rings is 2. The van der Waals surface area contributed by atoms with Crippen molar-refractivity contribution in [2.24, 2.45) is 0 Å². The molecule has 0 spiro atoms. The van der Waals surface area contributed by atoms with Crippen LogP contribution in [-0.2, 0) is 20.9 Å². The lowest BCUT2D eigenvalue weighted by Gasteiger charge is -2.48. The Morgan fingerprint density at radius 1 is 1.09 bits per heavy atom. The van der Waals surface area contributed by atoms with Crippen LogP contribution in [0.3, 0.4) is 0 Å². The van der Waals surface area contributed by atoms with E-state index in [0.717, 1.165) is 10.9 Å². The van der Waals surface area contributed by atoms with Gasteiger partial charge in [0.25, 0.3) is 5.91 Å². The van der Waals surface area contributed by atoms with Crippen LogP contribution in [0.5, 0.6) is 5.75 Å². The zero-order valence-electron chi connectivity index (χ0n) is 17.3. The van der Waals surface area contributed by atoms with Gasteiger partial charge in [0.15, 0.2) is 6.10 Å². The number of amides is 1. The highest BCUT2D eigenvalue weighted by Gasteiger charge is 2.54. The minimum Gasteiger partial charge on any atom is -0.489 e. The van der Waals surface area contributed by atoms with E-state index in [2.05, 4.69) is 0 Å². The van der Waals surface area contributed by atoms with E-state index in [1.54, 1.807) is 24.3 Å². The van der Waals surface area contributed by atoms with Gasteiger partial charge in [0.1, 0.15) is 29.0 Å². The zero-order chi connectivity index (χ0) is 22.9. The fraction of sp³-hybridized carbons (Fsp3) is 0.208. The maximum Gasteiger partial charge on any atom is 0.352 e. The molecule has 2 aliphatic rings. The van der Waals surface area contributed by atoms with Gasteiger partial charge in [0.05, 0.1) is 6.61 Å². The first-order chi connectivity index (χ1) is 16.0. The van der Waals surface area contributed by atoms with Crippen molar-refractivity contribution < 1.29 is 28.6 Å². The minimum absolute atomic E-state index is 0.0107. The Bertz CT molecular complexity index is 1320. The van der Waals surface area contributed by atoms with E-state index >= 15 is 0 Å². The van der Waals surface area contributed by atoms with Crippen LogP contribution in [0.1, 0.15) is 5.56 Å². The largest absolute Gasteiger partial charge is 0.489 e. The fourth-order valence-electron chi connectivity index (χ4n) is 3.84. The first-order valence-corrected chi connectivity index (χ1v) is 11.3. The molecule has 0 saturated carbocycles. The number of hydrogen-bond donors (Lipinski definition) is 1. The number of thioether (sulfide) groups is 1. The average Bonchev–Trinajstić information content (AvgIpc) is 2.82. The molecule has 1 amide bonds. The van der Waals surface area contributed by atoms with Crippen LogP contribution >= 0.6 is 11.8 Å². The molecule has 1 fully saturated rings. The third-order valence-corrected chi connectivity index (χ3v) is 6.80. The third-order valence-electron chi connectivity index (χ3n) is 5.48. The van der Waals surface area contributed by atoms with Gasteiger partial charge in [-0.25, -0.2) is 9.59 Å². The molecular weight excluding hydrogens is 446 g/mol. The molecule has 8 nitrogen and oxygen atoms in total. The molecule has 1 saturated heterocycles. The van der Waals surface area contributed by atoms with Gasteiger partial charge < -0.3 is 19.0 Å². The Labute approximate surface area is 192 Å². The van der Waals surface area contributed by atoms with E-state index in [1.165, 1.54) is 22.7 Å². The Hall–Kier alpha value is -3.56. The molecule has 0 radical (unpaired) electrons. The number of aliphatic carboxylic acids is 1. The zero-order valence-corrected chi connectivity index (χ0v) is 18.1. The van der Waals surface area contributed by atoms with Crippen LogP contribution in [0.4, 0.5) is 0 Å². The molecule has 9 heteroatoms. The summed E-state index contributed by atoms with van der Waals surface area (Å²) >= 11 is 1.45. The van der Waals surface area contributed by atoms with Crippen molar-refractivity contribution in [2.75, 3.05) is 12.4 Å². The van der Waals surface area contributed by atoms with Crippen molar-refractivity contribution in [1.82, 2.24) is 4.90 Å². The lowest BCUT2D eigenvalue weighted by atomic mass is 10.1. The molecule has 2 atom stereocenters. The molecule has 0 aliphatic carbocycles. The van der Waals surface area contributed by atoms with Gasteiger partial charge in [0, 0.05) is 28.8 Å². The molecule has 3 heterocycles. The van der Waals surface area contributed by atoms with Crippen molar-refractivity contribution in [2.45, 2.75) is 18.1 Å². The van der Waals surface area contributed by atoms with Gasteiger partial charge in [-0.15, -0.1) is 11.8 Å². The van der Waals surface area contributed by atoms with E-state index < -0.39 is 17.7 Å². The smallest absolute Gasteiger partial charge is 0.352 e. The number of carbonyl (C=O) groups is 2. The highest BCUT2D eigenvalue weighted by molar-refractivity contribution is 8.00. The van der Waals surface area contributed by atoms with E-state index in [9.17, 15) is 19.5 Å². The number of carbonyl (C=O) groups excluding carboxylic acids is 1. The number of hydrogen-bond acceptors (Lipinski definition) is 7. The second-order valence-electron chi connectivity index (χ2n) is 7.63. The molecule has 2 aromatic carbocycles. The van der Waals surface area contributed by atoms with E-state index in [4.69, 9.17) is 13.9 Å². The first-order valence-electron chi connectivity index (χ1n) is 10.2. The SMILES string of the molecule is O=C(O)C1=C(COc2ccc3ccc(=O)oc3c2)CS[C@@H]2[C@@H](OCc3ccccc3)C(=O)N12. The van der Waals surface area contributed by atoms with Crippen LogP contribution in [0.15, 0.2) is 81.1 Å². The van der Waals surface area contributed by atoms with Crippen LogP contribution in [-0.4, -0.2) is 45.7 Å². The number of fused-ring (bicyclic) bond motifs is 2. The molecule has 33 heavy (non-hydrogen) atoms. The van der Waals surface area contributed by atoms with E-state index in [0.29, 0.717) is 22.7 Å². The predicted molar refractivity (Wildman–Crippen MR) is 121 cm³/mol. The number of carboxylic acid groups (broad SMARTS) is 1. The Morgan fingerprint density at radius 2 is 1.88 bits per heavy atom. The highest BCUT2D eigenvalue weighted by atomic mass is 32.2. The van der Waals surface area contributed by atoms with Crippen molar-refractivity contribution >= 4 is 34.6 Å². The van der Waals surface area contributed by atoms with E-state index in [1.807, 2.05) is 30.3 Å². The minimum atomic E-state index is -1.18. The lowest BCUT2D eigenvalue weighted by molar-refractivity contribution is -0.166. The number of ether oxygens (including phenoxy) is 2. The summed E-state index contributed by atoms with van der Waals surface area (Å²) in [5, 5.41) is 10.2. The van der Waals surface area contributed by atoms with Gasteiger partial charge in [-0.2, -0.15) is 0 Å². The summed E-state index contributed by atoms with van der Waals surface area (Å²) in [6.07, 6.45) is -0.685. The summed E-state index contributed by atoms with van der Waals surface area (Å²) in [6.45, 7) is 0.269. The van der Waals surface area contributed by atoms with Crippen LogP contribution in [0.25, 0.3) is 11.0 Å². The van der Waals surface area contributed by atoms with Gasteiger partial charge >= 0.3 is 11.6 Å². The fourth-order valence-corrected chi connectivity index (χ4v) is 5.16. The highest BCUT2D eigenvalue weighted by Crippen LogP contribution is 2.42. The van der Waals surface area contributed by atoms with Crippen LogP contribution in [0, 0.1) is 0 Å². The summed E-state index contributed by atoms with van der Waals surface area (Å²) in [4.78, 5) is 37.5. The van der Waals surface area contributed by atoms with Gasteiger partial charge in [-0.1, -0.05) is 30.3 Å². The molecular formula is C24H19NO7S. The van der Waals surface area contributed by atoms with Crippen molar-refractivity contribution in [3.05, 3.63) is 87.9 Å². The Morgan fingerprint density at radius 3 is 2.67 bits per heavy atom. The molecule has 5 rings (SSSR count). The summed E-state index contributed by atoms with van der Waals surface area (Å²) in [5.41, 5.74) is 1.29. The summed E-state index contributed by atoms with van der Waals surface area (Å²) in [6, 6.07) is 17.5. The van der Waals surface area contributed by atoms with E-state index in [-0.39, 0.29) is 30.2 Å². The van der Waals surface area contributed by atoms with Crippen LogP contribution in [0.2, 0.25) is 0 Å². The maximum absolute atomic E-state index is 12.7. The maximum atomic E-state index is 12.7. The first kappa shape index (κ1) is 21.3. The van der Waals surface area contributed by atoms with Crippen molar-refractivity contribution in [3.63, 3.8) is 0 Å². The normalized spacial score (nSPS) is 19.9. The second-order valence-corrected chi connectivity index (χ2v) is 8.73. The molecule has 168 valence electrons. The molecule has 1 aromatic heterocycles.